The van der Waals surface area contributed by atoms with Gasteiger partial charge in [0, 0.05) is 11.9 Å². The second-order valence-electron chi connectivity index (χ2n) is 6.28. The van der Waals surface area contributed by atoms with Crippen LogP contribution in [0.5, 0.6) is 0 Å². The van der Waals surface area contributed by atoms with Crippen molar-refractivity contribution in [3.8, 4) is 0 Å². The van der Waals surface area contributed by atoms with Crippen LogP contribution >= 0.6 is 0 Å². The largest absolute Gasteiger partial charge is 0.344 e. The lowest BCUT2D eigenvalue weighted by Crippen LogP contribution is -2.32. The zero-order valence-electron chi connectivity index (χ0n) is 14.0. The number of nitrogens with one attached hydrogen (secondary N) is 1. The van der Waals surface area contributed by atoms with E-state index in [1.165, 1.54) is 15.8 Å². The summed E-state index contributed by atoms with van der Waals surface area (Å²) in [7, 11) is 0. The Bertz CT molecular complexity index is 1020. The highest BCUT2D eigenvalue weighted by molar-refractivity contribution is 6.04. The predicted octanol–water partition coefficient (Wildman–Crippen LogP) is 2.83. The van der Waals surface area contributed by atoms with E-state index in [0.717, 1.165) is 12.8 Å². The molecule has 25 heavy (non-hydrogen) atoms. The number of fused-ring (bicyclic) bond motifs is 2. The minimum atomic E-state index is -0.236. The zero-order valence-corrected chi connectivity index (χ0v) is 14.0. The second-order valence-corrected chi connectivity index (χ2v) is 6.28. The monoisotopic (exact) mass is 333 g/mol. The van der Waals surface area contributed by atoms with Crippen molar-refractivity contribution in [3.05, 3.63) is 75.7 Å². The third kappa shape index (κ3) is 2.61. The van der Waals surface area contributed by atoms with Crippen LogP contribution in [0.4, 0.5) is 0 Å². The molecule has 1 aliphatic rings. The van der Waals surface area contributed by atoms with Gasteiger partial charge in [0.05, 0.1) is 11.4 Å². The van der Waals surface area contributed by atoms with E-state index in [1.54, 1.807) is 18.2 Å². The molecule has 1 aromatic heterocycles. The molecule has 0 unspecified atom stereocenters. The standard InChI is InChI=1S/C20H19N3O2/c1-2-23-20(25)16-10-6-5-9-15(16)18(22-23)19(24)21-17-12-11-13-7-3-4-8-14(13)17/h3-10,17H,2,11-12H2,1H3,(H,21,24)/t17-/m0/s1. The lowest BCUT2D eigenvalue weighted by atomic mass is 10.1. The van der Waals surface area contributed by atoms with E-state index >= 15 is 0 Å². The number of hydrogen-bond donors (Lipinski definition) is 1. The van der Waals surface area contributed by atoms with E-state index in [0.29, 0.717) is 23.0 Å². The van der Waals surface area contributed by atoms with E-state index in [2.05, 4.69) is 22.5 Å². The maximum Gasteiger partial charge on any atom is 0.274 e. The highest BCUT2D eigenvalue weighted by atomic mass is 16.2. The van der Waals surface area contributed by atoms with Gasteiger partial charge in [-0.1, -0.05) is 42.5 Å². The molecule has 0 spiro atoms. The van der Waals surface area contributed by atoms with Gasteiger partial charge >= 0.3 is 0 Å². The van der Waals surface area contributed by atoms with Crippen molar-refractivity contribution in [2.45, 2.75) is 32.4 Å². The first-order valence-corrected chi connectivity index (χ1v) is 8.57. The molecule has 0 radical (unpaired) electrons. The van der Waals surface area contributed by atoms with Crippen LogP contribution in [0.1, 0.15) is 41.0 Å². The number of carbonyl (C=O) groups is 1. The van der Waals surface area contributed by atoms with Gasteiger partial charge in [-0.15, -0.1) is 0 Å². The van der Waals surface area contributed by atoms with Crippen molar-refractivity contribution in [2.75, 3.05) is 0 Å². The molecule has 0 bridgehead atoms. The molecule has 5 heteroatoms. The molecule has 1 amide bonds. The first-order valence-electron chi connectivity index (χ1n) is 8.57. The SMILES string of the molecule is CCn1nc(C(=O)N[C@H]2CCc3ccccc32)c2ccccc2c1=O. The summed E-state index contributed by atoms with van der Waals surface area (Å²) in [6.07, 6.45) is 1.85. The van der Waals surface area contributed by atoms with Gasteiger partial charge in [-0.2, -0.15) is 5.10 Å². The Morgan fingerprint density at radius 2 is 1.88 bits per heavy atom. The van der Waals surface area contributed by atoms with Crippen molar-refractivity contribution in [1.29, 1.82) is 0 Å². The molecule has 3 aromatic rings. The molecule has 5 nitrogen and oxygen atoms in total. The fourth-order valence-corrected chi connectivity index (χ4v) is 3.55. The molecular formula is C20H19N3O2. The normalized spacial score (nSPS) is 16.0. The summed E-state index contributed by atoms with van der Waals surface area (Å²) in [5.41, 5.74) is 2.59. The van der Waals surface area contributed by atoms with Gasteiger partial charge in [-0.3, -0.25) is 9.59 Å². The van der Waals surface area contributed by atoms with Gasteiger partial charge < -0.3 is 5.32 Å². The summed E-state index contributed by atoms with van der Waals surface area (Å²) in [4.78, 5) is 25.3. The average Bonchev–Trinajstić information content (AvgIpc) is 3.05. The van der Waals surface area contributed by atoms with Crippen molar-refractivity contribution < 1.29 is 4.79 Å². The molecule has 2 aromatic carbocycles. The van der Waals surface area contributed by atoms with Gasteiger partial charge in [0.25, 0.3) is 11.5 Å². The minimum absolute atomic E-state index is 0.00809. The van der Waals surface area contributed by atoms with Crippen LogP contribution in [0.3, 0.4) is 0 Å². The van der Waals surface area contributed by atoms with Crippen LogP contribution in [-0.4, -0.2) is 15.7 Å². The van der Waals surface area contributed by atoms with E-state index in [-0.39, 0.29) is 17.5 Å². The van der Waals surface area contributed by atoms with Crippen molar-refractivity contribution in [2.24, 2.45) is 0 Å². The molecule has 126 valence electrons. The molecule has 0 saturated carbocycles. The van der Waals surface area contributed by atoms with Crippen LogP contribution in [0.2, 0.25) is 0 Å². The number of rotatable bonds is 3. The predicted molar refractivity (Wildman–Crippen MR) is 96.6 cm³/mol. The van der Waals surface area contributed by atoms with E-state index < -0.39 is 0 Å². The Kier molecular flexibility index (Phi) is 3.84. The first-order chi connectivity index (χ1) is 12.2. The number of benzene rings is 2. The average molecular weight is 333 g/mol. The fraction of sp³-hybridized carbons (Fsp3) is 0.250. The highest BCUT2D eigenvalue weighted by Gasteiger charge is 2.25. The maximum atomic E-state index is 12.9. The highest BCUT2D eigenvalue weighted by Crippen LogP contribution is 2.31. The summed E-state index contributed by atoms with van der Waals surface area (Å²) in [5, 5.41) is 8.53. The van der Waals surface area contributed by atoms with Crippen LogP contribution in [0.25, 0.3) is 10.8 Å². The molecule has 1 N–H and O–H groups in total. The minimum Gasteiger partial charge on any atom is -0.344 e. The topological polar surface area (TPSA) is 64.0 Å². The Balaban J connectivity index is 1.74. The fourth-order valence-electron chi connectivity index (χ4n) is 3.55. The summed E-state index contributed by atoms with van der Waals surface area (Å²) in [6.45, 7) is 2.27. The van der Waals surface area contributed by atoms with Crippen LogP contribution in [0.15, 0.2) is 53.3 Å². The second kappa shape index (κ2) is 6.16. The quantitative estimate of drug-likeness (QED) is 0.801. The number of amides is 1. The third-order valence-corrected chi connectivity index (χ3v) is 4.82. The molecular weight excluding hydrogens is 314 g/mol. The van der Waals surface area contributed by atoms with E-state index in [1.807, 2.05) is 25.1 Å². The van der Waals surface area contributed by atoms with E-state index in [4.69, 9.17) is 0 Å². The molecule has 1 heterocycles. The van der Waals surface area contributed by atoms with Crippen molar-refractivity contribution in [1.82, 2.24) is 15.1 Å². The number of aryl methyl sites for hydroxylation is 2. The van der Waals surface area contributed by atoms with Gasteiger partial charge in [0.2, 0.25) is 0 Å². The first kappa shape index (κ1) is 15.6. The molecule has 1 atom stereocenters. The Morgan fingerprint density at radius 1 is 1.16 bits per heavy atom. The lowest BCUT2D eigenvalue weighted by molar-refractivity contribution is 0.0931. The summed E-state index contributed by atoms with van der Waals surface area (Å²) in [5.74, 6) is -0.236. The summed E-state index contributed by atoms with van der Waals surface area (Å²) < 4.78 is 1.35. The van der Waals surface area contributed by atoms with Gasteiger partial charge in [0.1, 0.15) is 0 Å². The summed E-state index contributed by atoms with van der Waals surface area (Å²) in [6, 6.07) is 15.3. The smallest absolute Gasteiger partial charge is 0.274 e. The van der Waals surface area contributed by atoms with Crippen LogP contribution in [0, 0.1) is 0 Å². The Hall–Kier alpha value is -2.95. The van der Waals surface area contributed by atoms with Gasteiger partial charge in [-0.25, -0.2) is 4.68 Å². The number of hydrogen-bond acceptors (Lipinski definition) is 3. The molecule has 0 fully saturated rings. The third-order valence-electron chi connectivity index (χ3n) is 4.82. The van der Waals surface area contributed by atoms with E-state index in [9.17, 15) is 9.59 Å². The Morgan fingerprint density at radius 3 is 2.68 bits per heavy atom. The van der Waals surface area contributed by atoms with Crippen LogP contribution in [-0.2, 0) is 13.0 Å². The molecule has 1 aliphatic carbocycles. The van der Waals surface area contributed by atoms with Gasteiger partial charge in [0.15, 0.2) is 5.69 Å². The van der Waals surface area contributed by atoms with Crippen molar-refractivity contribution >= 4 is 16.7 Å². The molecule has 0 saturated heterocycles. The number of nitrogens with zero attached hydrogens (tertiary/aromatic N) is 2. The summed E-state index contributed by atoms with van der Waals surface area (Å²) >= 11 is 0. The Labute approximate surface area is 145 Å². The van der Waals surface area contributed by atoms with Gasteiger partial charge in [-0.05, 0) is 37.0 Å². The number of aromatic nitrogens is 2. The van der Waals surface area contributed by atoms with Crippen LogP contribution < -0.4 is 10.9 Å². The molecule has 4 rings (SSSR count). The molecule has 0 aliphatic heterocycles. The number of carbonyl (C=O) groups excluding carboxylic acids is 1. The maximum absolute atomic E-state index is 12.9. The zero-order chi connectivity index (χ0) is 17.4. The van der Waals surface area contributed by atoms with Crippen molar-refractivity contribution in [3.63, 3.8) is 0 Å². The lowest BCUT2D eigenvalue weighted by Gasteiger charge is -2.15.